The second-order valence-electron chi connectivity index (χ2n) is 6.50. The van der Waals surface area contributed by atoms with Crippen molar-refractivity contribution in [1.82, 2.24) is 5.32 Å². The van der Waals surface area contributed by atoms with Crippen LogP contribution in [0.15, 0.2) is 72.8 Å². The second kappa shape index (κ2) is 7.90. The summed E-state index contributed by atoms with van der Waals surface area (Å²) in [6.45, 7) is -0.0593. The predicted molar refractivity (Wildman–Crippen MR) is 108 cm³/mol. The van der Waals surface area contributed by atoms with E-state index in [1.54, 1.807) is 41.3 Å². The van der Waals surface area contributed by atoms with Crippen molar-refractivity contribution in [3.05, 3.63) is 88.9 Å². The molecule has 0 unspecified atom stereocenters. The molecule has 1 aliphatic heterocycles. The average molecular weight is 397 g/mol. The first-order valence-electron chi connectivity index (χ1n) is 8.89. The SMILES string of the molecule is O=C1NC[C@@H](c2cccc(CF)c2)N1c1ccc(Oc2ccc(Cl)cc2)cc1. The lowest BCUT2D eigenvalue weighted by atomic mass is 10.0. The predicted octanol–water partition coefficient (Wildman–Crippen LogP) is 5.87. The van der Waals surface area contributed by atoms with Gasteiger partial charge in [0.25, 0.3) is 0 Å². The fourth-order valence-electron chi connectivity index (χ4n) is 3.26. The number of halogens is 2. The molecule has 6 heteroatoms. The van der Waals surface area contributed by atoms with Crippen LogP contribution in [0.25, 0.3) is 0 Å². The third-order valence-electron chi connectivity index (χ3n) is 4.63. The minimum Gasteiger partial charge on any atom is -0.457 e. The van der Waals surface area contributed by atoms with Gasteiger partial charge >= 0.3 is 6.03 Å². The molecule has 1 fully saturated rings. The third kappa shape index (κ3) is 3.80. The van der Waals surface area contributed by atoms with Crippen LogP contribution in [0.4, 0.5) is 14.9 Å². The number of hydrogen-bond acceptors (Lipinski definition) is 2. The first-order valence-corrected chi connectivity index (χ1v) is 9.27. The molecule has 0 aliphatic carbocycles. The molecule has 142 valence electrons. The van der Waals surface area contributed by atoms with E-state index in [0.29, 0.717) is 28.6 Å². The molecule has 28 heavy (non-hydrogen) atoms. The quantitative estimate of drug-likeness (QED) is 0.585. The van der Waals surface area contributed by atoms with Gasteiger partial charge in [0, 0.05) is 17.3 Å². The highest BCUT2D eigenvalue weighted by Gasteiger charge is 2.33. The Balaban J connectivity index is 1.56. The van der Waals surface area contributed by atoms with Gasteiger partial charge in [-0.15, -0.1) is 0 Å². The number of carbonyl (C=O) groups is 1. The number of amides is 2. The molecular formula is C22H18ClFN2O2. The molecule has 2 amide bonds. The molecule has 0 bridgehead atoms. The first kappa shape index (κ1) is 18.3. The average Bonchev–Trinajstić information content (AvgIpc) is 3.12. The van der Waals surface area contributed by atoms with Crippen LogP contribution in [0.1, 0.15) is 17.2 Å². The zero-order valence-corrected chi connectivity index (χ0v) is 15.7. The summed E-state index contributed by atoms with van der Waals surface area (Å²) in [7, 11) is 0. The molecule has 1 atom stereocenters. The van der Waals surface area contributed by atoms with Crippen molar-refractivity contribution < 1.29 is 13.9 Å². The molecule has 3 aromatic rings. The minimum absolute atomic E-state index is 0.179. The standard InChI is InChI=1S/C22H18ClFN2O2/c23-17-4-8-19(9-5-17)28-20-10-6-18(7-11-20)26-21(14-25-22(26)27)16-3-1-2-15(12-16)13-24/h1-12,21H,13-14H2,(H,25,27)/t21-/m0/s1. The number of carbonyl (C=O) groups excluding carboxylic acids is 1. The van der Waals surface area contributed by atoms with Crippen LogP contribution in [0.2, 0.25) is 5.02 Å². The van der Waals surface area contributed by atoms with E-state index in [1.165, 1.54) is 0 Å². The Morgan fingerprint density at radius 3 is 2.39 bits per heavy atom. The van der Waals surface area contributed by atoms with Gasteiger partial charge in [0.05, 0.1) is 6.04 Å². The van der Waals surface area contributed by atoms with E-state index in [0.717, 1.165) is 11.3 Å². The maximum absolute atomic E-state index is 13.0. The summed E-state index contributed by atoms with van der Waals surface area (Å²) in [6.07, 6.45) is 0. The van der Waals surface area contributed by atoms with Crippen LogP contribution in [0.5, 0.6) is 11.5 Å². The fourth-order valence-corrected chi connectivity index (χ4v) is 3.39. The van der Waals surface area contributed by atoms with Crippen molar-refractivity contribution in [3.63, 3.8) is 0 Å². The molecule has 0 radical (unpaired) electrons. The van der Waals surface area contributed by atoms with Crippen LogP contribution in [-0.2, 0) is 6.67 Å². The Bertz CT molecular complexity index is 977. The molecule has 4 rings (SSSR count). The summed E-state index contributed by atoms with van der Waals surface area (Å²) in [5.41, 5.74) is 2.24. The Morgan fingerprint density at radius 1 is 1.04 bits per heavy atom. The minimum atomic E-state index is -0.529. The van der Waals surface area contributed by atoms with Crippen LogP contribution in [0.3, 0.4) is 0 Å². The normalized spacial score (nSPS) is 16.1. The third-order valence-corrected chi connectivity index (χ3v) is 4.88. The lowest BCUT2D eigenvalue weighted by Gasteiger charge is -2.24. The number of nitrogens with one attached hydrogen (secondary N) is 1. The topological polar surface area (TPSA) is 41.6 Å². The second-order valence-corrected chi connectivity index (χ2v) is 6.94. The first-order chi connectivity index (χ1) is 13.6. The molecule has 4 nitrogen and oxygen atoms in total. The van der Waals surface area contributed by atoms with Gasteiger partial charge < -0.3 is 10.1 Å². The van der Waals surface area contributed by atoms with Gasteiger partial charge in [0.15, 0.2) is 0 Å². The smallest absolute Gasteiger partial charge is 0.322 e. The van der Waals surface area contributed by atoms with E-state index < -0.39 is 6.67 Å². The van der Waals surface area contributed by atoms with Gasteiger partial charge in [0.2, 0.25) is 0 Å². The molecule has 1 heterocycles. The summed E-state index contributed by atoms with van der Waals surface area (Å²) in [5.74, 6) is 1.33. The molecule has 3 aromatic carbocycles. The van der Waals surface area contributed by atoms with E-state index in [-0.39, 0.29) is 12.1 Å². The van der Waals surface area contributed by atoms with E-state index >= 15 is 0 Å². The van der Waals surface area contributed by atoms with Crippen molar-refractivity contribution in [3.8, 4) is 11.5 Å². The Labute approximate surface area is 167 Å². The van der Waals surface area contributed by atoms with Gasteiger partial charge in [-0.1, -0.05) is 35.9 Å². The van der Waals surface area contributed by atoms with E-state index in [4.69, 9.17) is 16.3 Å². The zero-order valence-electron chi connectivity index (χ0n) is 14.9. The largest absolute Gasteiger partial charge is 0.457 e. The highest BCUT2D eigenvalue weighted by Crippen LogP contribution is 2.33. The molecular weight excluding hydrogens is 379 g/mol. The fraction of sp³-hybridized carbons (Fsp3) is 0.136. The number of urea groups is 1. The number of rotatable bonds is 5. The van der Waals surface area contributed by atoms with Crippen molar-refractivity contribution in [2.24, 2.45) is 0 Å². The van der Waals surface area contributed by atoms with Crippen molar-refractivity contribution in [1.29, 1.82) is 0 Å². The molecule has 0 aromatic heterocycles. The number of hydrogen-bond donors (Lipinski definition) is 1. The number of alkyl halides is 1. The van der Waals surface area contributed by atoms with Crippen LogP contribution >= 0.6 is 11.6 Å². The molecule has 0 spiro atoms. The van der Waals surface area contributed by atoms with E-state index in [9.17, 15) is 9.18 Å². The summed E-state index contributed by atoms with van der Waals surface area (Å²) in [6, 6.07) is 21.3. The van der Waals surface area contributed by atoms with Gasteiger partial charge in [-0.3, -0.25) is 4.90 Å². The number of ether oxygens (including phenoxy) is 1. The number of benzene rings is 3. The summed E-state index contributed by atoms with van der Waals surface area (Å²) in [4.78, 5) is 14.1. The van der Waals surface area contributed by atoms with Crippen molar-refractivity contribution in [2.45, 2.75) is 12.7 Å². The Kier molecular flexibility index (Phi) is 5.17. The van der Waals surface area contributed by atoms with Crippen LogP contribution in [-0.4, -0.2) is 12.6 Å². The molecule has 1 N–H and O–H groups in total. The monoisotopic (exact) mass is 396 g/mol. The summed E-state index contributed by atoms with van der Waals surface area (Å²) in [5, 5.41) is 3.51. The highest BCUT2D eigenvalue weighted by atomic mass is 35.5. The number of nitrogens with zero attached hydrogens (tertiary/aromatic N) is 1. The van der Waals surface area contributed by atoms with Gasteiger partial charge in [-0.05, 0) is 59.7 Å². The molecule has 1 saturated heterocycles. The maximum atomic E-state index is 13.0. The Morgan fingerprint density at radius 2 is 1.71 bits per heavy atom. The Hall–Kier alpha value is -3.05. The zero-order chi connectivity index (χ0) is 19.5. The van der Waals surface area contributed by atoms with Gasteiger partial charge in [-0.2, -0.15) is 0 Å². The molecule has 1 aliphatic rings. The van der Waals surface area contributed by atoms with Crippen molar-refractivity contribution >= 4 is 23.3 Å². The molecule has 0 saturated carbocycles. The number of anilines is 1. The van der Waals surface area contributed by atoms with Gasteiger partial charge in [-0.25, -0.2) is 9.18 Å². The van der Waals surface area contributed by atoms with E-state index in [1.807, 2.05) is 36.4 Å². The lowest BCUT2D eigenvalue weighted by Crippen LogP contribution is -2.29. The lowest BCUT2D eigenvalue weighted by molar-refractivity contribution is 0.251. The highest BCUT2D eigenvalue weighted by molar-refractivity contribution is 6.30. The summed E-state index contributed by atoms with van der Waals surface area (Å²) < 4.78 is 18.8. The van der Waals surface area contributed by atoms with Crippen LogP contribution < -0.4 is 15.0 Å². The van der Waals surface area contributed by atoms with Gasteiger partial charge in [0.1, 0.15) is 18.2 Å². The summed E-state index contributed by atoms with van der Waals surface area (Å²) >= 11 is 5.89. The van der Waals surface area contributed by atoms with Crippen LogP contribution in [0, 0.1) is 0 Å². The maximum Gasteiger partial charge on any atom is 0.322 e. The van der Waals surface area contributed by atoms with Crippen molar-refractivity contribution in [2.75, 3.05) is 11.4 Å². The van der Waals surface area contributed by atoms with E-state index in [2.05, 4.69) is 5.32 Å².